The van der Waals surface area contributed by atoms with Gasteiger partial charge in [0.2, 0.25) is 0 Å². The van der Waals surface area contributed by atoms with Crippen LogP contribution in [0.15, 0.2) is 24.3 Å². The molecular formula is C15H24ClN. The molecule has 0 heterocycles. The lowest BCUT2D eigenvalue weighted by atomic mass is 9.75. The van der Waals surface area contributed by atoms with Gasteiger partial charge >= 0.3 is 0 Å². The summed E-state index contributed by atoms with van der Waals surface area (Å²) in [6.07, 6.45) is 2.29. The minimum absolute atomic E-state index is 0.231. The molecule has 0 bridgehead atoms. The van der Waals surface area contributed by atoms with Crippen LogP contribution in [0.25, 0.3) is 0 Å². The molecule has 0 saturated heterocycles. The molecule has 0 aromatic heterocycles. The highest BCUT2D eigenvalue weighted by atomic mass is 35.5. The fourth-order valence-electron chi connectivity index (χ4n) is 2.21. The van der Waals surface area contributed by atoms with Crippen molar-refractivity contribution in [1.82, 2.24) is 5.32 Å². The van der Waals surface area contributed by atoms with Gasteiger partial charge in [0.1, 0.15) is 0 Å². The van der Waals surface area contributed by atoms with Crippen molar-refractivity contribution in [1.29, 1.82) is 0 Å². The SMILES string of the molecule is CCC(CC)(CNC(C)C)c1ccc(Cl)cc1. The van der Waals surface area contributed by atoms with Crippen LogP contribution in [-0.2, 0) is 5.41 Å². The third kappa shape index (κ3) is 3.72. The number of hydrogen-bond donors (Lipinski definition) is 1. The van der Waals surface area contributed by atoms with Crippen LogP contribution in [0.2, 0.25) is 5.02 Å². The van der Waals surface area contributed by atoms with Crippen LogP contribution in [0.3, 0.4) is 0 Å². The normalized spacial score (nSPS) is 12.1. The summed E-state index contributed by atoms with van der Waals surface area (Å²) in [6.45, 7) is 9.94. The van der Waals surface area contributed by atoms with E-state index >= 15 is 0 Å². The lowest BCUT2D eigenvalue weighted by molar-refractivity contribution is 0.355. The van der Waals surface area contributed by atoms with E-state index in [1.165, 1.54) is 5.56 Å². The van der Waals surface area contributed by atoms with Crippen molar-refractivity contribution in [2.75, 3.05) is 6.54 Å². The Morgan fingerprint density at radius 2 is 1.65 bits per heavy atom. The molecule has 1 N–H and O–H groups in total. The van der Waals surface area contributed by atoms with E-state index in [1.807, 2.05) is 12.1 Å². The molecule has 0 fully saturated rings. The maximum atomic E-state index is 5.96. The molecule has 2 heteroatoms. The zero-order valence-electron chi connectivity index (χ0n) is 11.4. The Balaban J connectivity index is 2.93. The largest absolute Gasteiger partial charge is 0.314 e. The van der Waals surface area contributed by atoms with Crippen LogP contribution in [0.1, 0.15) is 46.1 Å². The molecule has 0 amide bonds. The second-order valence-corrected chi connectivity index (χ2v) is 5.47. The van der Waals surface area contributed by atoms with Crippen LogP contribution in [-0.4, -0.2) is 12.6 Å². The van der Waals surface area contributed by atoms with Gasteiger partial charge in [0.25, 0.3) is 0 Å². The van der Waals surface area contributed by atoms with Crippen molar-refractivity contribution < 1.29 is 0 Å². The van der Waals surface area contributed by atoms with E-state index in [2.05, 4.69) is 45.1 Å². The number of hydrogen-bond acceptors (Lipinski definition) is 1. The highest BCUT2D eigenvalue weighted by molar-refractivity contribution is 6.30. The number of rotatable bonds is 6. The number of halogens is 1. The van der Waals surface area contributed by atoms with Gasteiger partial charge in [-0.1, -0.05) is 51.4 Å². The standard InChI is InChI=1S/C15H24ClN/c1-5-15(6-2,11-17-12(3)4)13-7-9-14(16)10-8-13/h7-10,12,17H,5-6,11H2,1-4H3. The van der Waals surface area contributed by atoms with E-state index in [1.54, 1.807) is 0 Å². The zero-order valence-corrected chi connectivity index (χ0v) is 12.1. The molecule has 0 atom stereocenters. The highest BCUT2D eigenvalue weighted by Gasteiger charge is 2.28. The van der Waals surface area contributed by atoms with Gasteiger partial charge in [-0.2, -0.15) is 0 Å². The summed E-state index contributed by atoms with van der Waals surface area (Å²) < 4.78 is 0. The van der Waals surface area contributed by atoms with Gasteiger partial charge in [0.05, 0.1) is 0 Å². The zero-order chi connectivity index (χ0) is 12.9. The van der Waals surface area contributed by atoms with Gasteiger partial charge in [0.15, 0.2) is 0 Å². The van der Waals surface area contributed by atoms with E-state index in [4.69, 9.17) is 11.6 Å². The fraction of sp³-hybridized carbons (Fsp3) is 0.600. The third-order valence-corrected chi connectivity index (χ3v) is 3.91. The quantitative estimate of drug-likeness (QED) is 0.793. The van der Waals surface area contributed by atoms with E-state index in [-0.39, 0.29) is 5.41 Å². The molecule has 1 rings (SSSR count). The van der Waals surface area contributed by atoms with Crippen LogP contribution in [0, 0.1) is 0 Å². The molecule has 0 aliphatic rings. The van der Waals surface area contributed by atoms with Crippen LogP contribution < -0.4 is 5.32 Å². The summed E-state index contributed by atoms with van der Waals surface area (Å²) in [5, 5.41) is 4.38. The van der Waals surface area contributed by atoms with E-state index < -0.39 is 0 Å². The van der Waals surface area contributed by atoms with Gasteiger partial charge in [-0.15, -0.1) is 0 Å². The molecule has 1 aromatic rings. The average Bonchev–Trinajstić information content (AvgIpc) is 2.32. The summed E-state index contributed by atoms with van der Waals surface area (Å²) in [5.41, 5.74) is 1.62. The molecule has 0 saturated carbocycles. The molecule has 0 unspecified atom stereocenters. The minimum Gasteiger partial charge on any atom is -0.314 e. The van der Waals surface area contributed by atoms with Gasteiger partial charge in [-0.3, -0.25) is 0 Å². The third-order valence-electron chi connectivity index (χ3n) is 3.66. The molecule has 17 heavy (non-hydrogen) atoms. The fourth-order valence-corrected chi connectivity index (χ4v) is 2.34. The molecule has 1 aromatic carbocycles. The Morgan fingerprint density at radius 1 is 1.12 bits per heavy atom. The van der Waals surface area contributed by atoms with Gasteiger partial charge in [-0.25, -0.2) is 0 Å². The Bertz CT molecular complexity index is 325. The first kappa shape index (κ1) is 14.5. The molecule has 96 valence electrons. The average molecular weight is 254 g/mol. The minimum atomic E-state index is 0.231. The van der Waals surface area contributed by atoms with Crippen molar-refractivity contribution >= 4 is 11.6 Å². The topological polar surface area (TPSA) is 12.0 Å². The van der Waals surface area contributed by atoms with Crippen molar-refractivity contribution in [2.45, 2.75) is 52.0 Å². The van der Waals surface area contributed by atoms with Gasteiger partial charge < -0.3 is 5.32 Å². The highest BCUT2D eigenvalue weighted by Crippen LogP contribution is 2.31. The summed E-state index contributed by atoms with van der Waals surface area (Å²) in [6, 6.07) is 8.84. The Hall–Kier alpha value is -0.530. The first-order valence-corrected chi connectivity index (χ1v) is 6.91. The summed E-state index contributed by atoms with van der Waals surface area (Å²) in [7, 11) is 0. The predicted molar refractivity (Wildman–Crippen MR) is 76.9 cm³/mol. The molecule has 0 spiro atoms. The van der Waals surface area contributed by atoms with Crippen LogP contribution >= 0.6 is 11.6 Å². The van der Waals surface area contributed by atoms with Crippen LogP contribution in [0.4, 0.5) is 0 Å². The lowest BCUT2D eigenvalue weighted by Gasteiger charge is -2.33. The second-order valence-electron chi connectivity index (χ2n) is 5.03. The van der Waals surface area contributed by atoms with Crippen molar-refractivity contribution in [3.8, 4) is 0 Å². The van der Waals surface area contributed by atoms with Gasteiger partial charge in [-0.05, 0) is 30.5 Å². The second kappa shape index (κ2) is 6.42. The smallest absolute Gasteiger partial charge is 0.0406 e. The van der Waals surface area contributed by atoms with Crippen LogP contribution in [0.5, 0.6) is 0 Å². The first-order valence-electron chi connectivity index (χ1n) is 6.53. The van der Waals surface area contributed by atoms with E-state index in [0.717, 1.165) is 24.4 Å². The summed E-state index contributed by atoms with van der Waals surface area (Å²) in [5.74, 6) is 0. The maximum Gasteiger partial charge on any atom is 0.0406 e. The Morgan fingerprint density at radius 3 is 2.06 bits per heavy atom. The molecule has 0 aliphatic heterocycles. The van der Waals surface area contributed by atoms with E-state index in [0.29, 0.717) is 6.04 Å². The number of benzene rings is 1. The van der Waals surface area contributed by atoms with E-state index in [9.17, 15) is 0 Å². The monoisotopic (exact) mass is 253 g/mol. The molecule has 0 radical (unpaired) electrons. The van der Waals surface area contributed by atoms with Gasteiger partial charge in [0, 0.05) is 23.0 Å². The van der Waals surface area contributed by atoms with Crippen molar-refractivity contribution in [3.63, 3.8) is 0 Å². The number of nitrogens with one attached hydrogen (secondary N) is 1. The Kier molecular flexibility index (Phi) is 5.48. The summed E-state index contributed by atoms with van der Waals surface area (Å²) >= 11 is 5.96. The van der Waals surface area contributed by atoms with Crippen molar-refractivity contribution in [3.05, 3.63) is 34.9 Å². The Labute approximate surface area is 111 Å². The molecule has 0 aliphatic carbocycles. The van der Waals surface area contributed by atoms with Crippen molar-refractivity contribution in [2.24, 2.45) is 0 Å². The molecule has 1 nitrogen and oxygen atoms in total. The molecular weight excluding hydrogens is 230 g/mol. The maximum absolute atomic E-state index is 5.96. The lowest BCUT2D eigenvalue weighted by Crippen LogP contribution is -2.40. The predicted octanol–water partition coefficient (Wildman–Crippen LogP) is 4.40. The first-order chi connectivity index (χ1) is 8.04. The summed E-state index contributed by atoms with van der Waals surface area (Å²) in [4.78, 5) is 0.